The summed E-state index contributed by atoms with van der Waals surface area (Å²) in [5.74, 6) is 3.61. The molecule has 0 aromatic heterocycles. The second kappa shape index (κ2) is 7.83. The van der Waals surface area contributed by atoms with Crippen LogP contribution in [0.3, 0.4) is 0 Å². The monoisotopic (exact) mass is 259 g/mol. The van der Waals surface area contributed by atoms with E-state index >= 15 is 0 Å². The molecule has 0 aliphatic heterocycles. The molecule has 0 radical (unpaired) electrons. The zero-order chi connectivity index (χ0) is 14.1. The summed E-state index contributed by atoms with van der Waals surface area (Å²) >= 11 is 0. The standard InChI is InChI=1S/C15H17NO3/c1-4-7-13-9-12(11-16-17)10-14(18-6-3)15(13)19-8-5-2/h2,4,9-11,17H,1,6-8H2,3H3/b16-11-. The lowest BCUT2D eigenvalue weighted by Gasteiger charge is -2.15. The second-order valence-electron chi connectivity index (χ2n) is 3.67. The normalized spacial score (nSPS) is 10.1. The number of hydrogen-bond acceptors (Lipinski definition) is 4. The highest BCUT2D eigenvalue weighted by Crippen LogP contribution is 2.33. The highest BCUT2D eigenvalue weighted by molar-refractivity contribution is 5.81. The molecule has 0 fully saturated rings. The van der Waals surface area contributed by atoms with Crippen LogP contribution in [0.4, 0.5) is 0 Å². The van der Waals surface area contributed by atoms with Gasteiger partial charge in [0.2, 0.25) is 0 Å². The summed E-state index contributed by atoms with van der Waals surface area (Å²) in [6.45, 7) is 6.25. The lowest BCUT2D eigenvalue weighted by molar-refractivity contribution is 0.297. The number of nitrogens with zero attached hydrogens (tertiary/aromatic N) is 1. The summed E-state index contributed by atoms with van der Waals surface area (Å²) in [5.41, 5.74) is 1.60. The molecule has 0 bridgehead atoms. The Balaban J connectivity index is 3.27. The van der Waals surface area contributed by atoms with Gasteiger partial charge in [-0.15, -0.1) is 13.0 Å². The summed E-state index contributed by atoms with van der Waals surface area (Å²) < 4.78 is 11.1. The van der Waals surface area contributed by atoms with Gasteiger partial charge in [-0.25, -0.2) is 0 Å². The number of oxime groups is 1. The number of terminal acetylenes is 1. The van der Waals surface area contributed by atoms with E-state index in [9.17, 15) is 0 Å². The minimum atomic E-state index is 0.164. The molecule has 0 spiro atoms. The van der Waals surface area contributed by atoms with Crippen LogP contribution in [0, 0.1) is 12.3 Å². The maximum Gasteiger partial charge on any atom is 0.166 e. The molecular formula is C15H17NO3. The number of benzene rings is 1. The molecule has 19 heavy (non-hydrogen) atoms. The van der Waals surface area contributed by atoms with E-state index in [1.165, 1.54) is 6.21 Å². The lowest BCUT2D eigenvalue weighted by Crippen LogP contribution is -2.03. The van der Waals surface area contributed by atoms with Crippen molar-refractivity contribution < 1.29 is 14.7 Å². The average Bonchev–Trinajstić information content (AvgIpc) is 2.39. The van der Waals surface area contributed by atoms with Gasteiger partial charge >= 0.3 is 0 Å². The van der Waals surface area contributed by atoms with E-state index in [2.05, 4.69) is 17.7 Å². The molecule has 0 aliphatic rings. The van der Waals surface area contributed by atoms with Gasteiger partial charge in [0.05, 0.1) is 12.8 Å². The van der Waals surface area contributed by atoms with Crippen LogP contribution in [0.1, 0.15) is 18.1 Å². The van der Waals surface area contributed by atoms with Gasteiger partial charge < -0.3 is 14.7 Å². The fourth-order valence-electron chi connectivity index (χ4n) is 1.67. The first-order valence-electron chi connectivity index (χ1n) is 5.91. The van der Waals surface area contributed by atoms with Crippen molar-refractivity contribution >= 4 is 6.21 Å². The molecule has 0 saturated carbocycles. The molecule has 0 amide bonds. The molecule has 4 nitrogen and oxygen atoms in total. The summed E-state index contributed by atoms with van der Waals surface area (Å²) in [6.07, 6.45) is 8.91. The van der Waals surface area contributed by atoms with E-state index in [0.717, 1.165) is 11.1 Å². The molecule has 0 aliphatic carbocycles. The van der Waals surface area contributed by atoms with Gasteiger partial charge in [-0.1, -0.05) is 17.2 Å². The Bertz CT molecular complexity index is 501. The molecule has 0 atom stereocenters. The first-order valence-corrected chi connectivity index (χ1v) is 5.91. The summed E-state index contributed by atoms with van der Waals surface area (Å²) in [5, 5.41) is 11.6. The Labute approximate surface area is 113 Å². The maximum atomic E-state index is 8.62. The van der Waals surface area contributed by atoms with Crippen molar-refractivity contribution in [2.24, 2.45) is 5.16 Å². The van der Waals surface area contributed by atoms with Crippen LogP contribution >= 0.6 is 0 Å². The van der Waals surface area contributed by atoms with Crippen LogP contribution in [-0.2, 0) is 6.42 Å². The van der Waals surface area contributed by atoms with Gasteiger partial charge in [0.25, 0.3) is 0 Å². The third kappa shape index (κ3) is 4.07. The highest BCUT2D eigenvalue weighted by atomic mass is 16.5. The predicted molar refractivity (Wildman–Crippen MR) is 75.2 cm³/mol. The van der Waals surface area contributed by atoms with Crippen molar-refractivity contribution in [1.29, 1.82) is 0 Å². The van der Waals surface area contributed by atoms with Crippen molar-refractivity contribution in [3.05, 3.63) is 35.9 Å². The molecule has 1 rings (SSSR count). The minimum absolute atomic E-state index is 0.164. The Kier molecular flexibility index (Phi) is 6.04. The van der Waals surface area contributed by atoms with E-state index in [1.807, 2.05) is 13.0 Å². The maximum absolute atomic E-state index is 8.62. The van der Waals surface area contributed by atoms with Gasteiger partial charge in [0.1, 0.15) is 6.61 Å². The largest absolute Gasteiger partial charge is 0.490 e. The predicted octanol–water partition coefficient (Wildman–Crippen LogP) is 2.63. The van der Waals surface area contributed by atoms with Crippen LogP contribution in [0.5, 0.6) is 11.5 Å². The molecule has 100 valence electrons. The Morgan fingerprint density at radius 1 is 1.47 bits per heavy atom. The average molecular weight is 259 g/mol. The zero-order valence-electron chi connectivity index (χ0n) is 10.9. The molecular weight excluding hydrogens is 242 g/mol. The zero-order valence-corrected chi connectivity index (χ0v) is 10.9. The quantitative estimate of drug-likeness (QED) is 0.269. The van der Waals surface area contributed by atoms with Crippen molar-refractivity contribution in [2.75, 3.05) is 13.2 Å². The van der Waals surface area contributed by atoms with Crippen molar-refractivity contribution in [2.45, 2.75) is 13.3 Å². The Hall–Kier alpha value is -2.41. The second-order valence-corrected chi connectivity index (χ2v) is 3.67. The van der Waals surface area contributed by atoms with Gasteiger partial charge in [-0.2, -0.15) is 0 Å². The summed E-state index contributed by atoms with van der Waals surface area (Å²) in [4.78, 5) is 0. The lowest BCUT2D eigenvalue weighted by atomic mass is 10.1. The smallest absolute Gasteiger partial charge is 0.166 e. The van der Waals surface area contributed by atoms with E-state index in [4.69, 9.17) is 21.1 Å². The molecule has 4 heteroatoms. The highest BCUT2D eigenvalue weighted by Gasteiger charge is 2.12. The third-order valence-electron chi connectivity index (χ3n) is 2.32. The minimum Gasteiger partial charge on any atom is -0.490 e. The van der Waals surface area contributed by atoms with Gasteiger partial charge in [0.15, 0.2) is 11.5 Å². The SMILES string of the molecule is C#CCOc1c(CC=C)cc(/C=N\O)cc1OCC. The van der Waals surface area contributed by atoms with E-state index < -0.39 is 0 Å². The van der Waals surface area contributed by atoms with Gasteiger partial charge in [-0.05, 0) is 25.5 Å². The van der Waals surface area contributed by atoms with E-state index in [0.29, 0.717) is 24.5 Å². The van der Waals surface area contributed by atoms with Crippen molar-refractivity contribution in [3.8, 4) is 23.8 Å². The van der Waals surface area contributed by atoms with Crippen molar-refractivity contribution in [1.82, 2.24) is 0 Å². The Morgan fingerprint density at radius 3 is 2.84 bits per heavy atom. The first-order chi connectivity index (χ1) is 9.26. The molecule has 0 heterocycles. The Morgan fingerprint density at radius 2 is 2.26 bits per heavy atom. The molecule has 1 N–H and O–H groups in total. The van der Waals surface area contributed by atoms with E-state index in [1.54, 1.807) is 12.1 Å². The number of hydrogen-bond donors (Lipinski definition) is 1. The van der Waals surface area contributed by atoms with Crippen LogP contribution in [0.2, 0.25) is 0 Å². The molecule has 1 aromatic rings. The van der Waals surface area contributed by atoms with Crippen LogP contribution in [0.25, 0.3) is 0 Å². The topological polar surface area (TPSA) is 51.0 Å². The van der Waals surface area contributed by atoms with Crippen LogP contribution < -0.4 is 9.47 Å². The van der Waals surface area contributed by atoms with Crippen LogP contribution in [-0.4, -0.2) is 24.6 Å². The van der Waals surface area contributed by atoms with Crippen molar-refractivity contribution in [3.63, 3.8) is 0 Å². The summed E-state index contributed by atoms with van der Waals surface area (Å²) in [7, 11) is 0. The fraction of sp³-hybridized carbons (Fsp3) is 0.267. The molecule has 1 aromatic carbocycles. The van der Waals surface area contributed by atoms with Gasteiger partial charge in [-0.3, -0.25) is 0 Å². The number of ether oxygens (including phenoxy) is 2. The molecule has 0 unspecified atom stereocenters. The first kappa shape index (κ1) is 14.7. The summed E-state index contributed by atoms with van der Waals surface area (Å²) in [6, 6.07) is 3.58. The van der Waals surface area contributed by atoms with E-state index in [-0.39, 0.29) is 6.61 Å². The third-order valence-corrected chi connectivity index (χ3v) is 2.32. The number of rotatable bonds is 7. The van der Waals surface area contributed by atoms with Gasteiger partial charge in [0, 0.05) is 11.1 Å². The molecule has 0 saturated heterocycles. The van der Waals surface area contributed by atoms with Crippen LogP contribution in [0.15, 0.2) is 29.9 Å². The fourth-order valence-corrected chi connectivity index (χ4v) is 1.67. The number of allylic oxidation sites excluding steroid dienone is 1.